The molecular weight excluding hydrogens is 210 g/mol. The van der Waals surface area contributed by atoms with Gasteiger partial charge in [-0.2, -0.15) is 0 Å². The lowest BCUT2D eigenvalue weighted by Gasteiger charge is -2.32. The van der Waals surface area contributed by atoms with Gasteiger partial charge in [-0.25, -0.2) is 0 Å². The Bertz CT molecular complexity index is 316. The molecule has 0 radical (unpaired) electrons. The Balaban J connectivity index is 2.68. The molecule has 1 fully saturated rings. The summed E-state index contributed by atoms with van der Waals surface area (Å²) in [5.74, 6) is 0. The van der Waals surface area contributed by atoms with E-state index < -0.39 is 0 Å². The molecule has 0 unspecified atom stereocenters. The highest BCUT2D eigenvalue weighted by molar-refractivity contribution is 5.33. The summed E-state index contributed by atoms with van der Waals surface area (Å²) in [5, 5.41) is 0. The van der Waals surface area contributed by atoms with E-state index >= 15 is 0 Å². The van der Waals surface area contributed by atoms with Crippen LogP contribution in [0.15, 0.2) is 35.6 Å². The SMILES string of the molecule is C=C/C(C)=C(\C=C(/C)N)CN1CCN(C)CC1. The minimum absolute atomic E-state index is 0.857. The Morgan fingerprint density at radius 2 is 1.82 bits per heavy atom. The zero-order valence-electron chi connectivity index (χ0n) is 11.4. The first-order valence-corrected chi connectivity index (χ1v) is 6.19. The molecule has 3 heteroatoms. The number of piperazine rings is 1. The van der Waals surface area contributed by atoms with Gasteiger partial charge in [-0.1, -0.05) is 12.7 Å². The second-order valence-electron chi connectivity index (χ2n) is 4.88. The van der Waals surface area contributed by atoms with E-state index in [4.69, 9.17) is 5.73 Å². The lowest BCUT2D eigenvalue weighted by Crippen LogP contribution is -2.45. The van der Waals surface area contributed by atoms with Crippen LogP contribution in [0.1, 0.15) is 13.8 Å². The third-order valence-corrected chi connectivity index (χ3v) is 3.20. The summed E-state index contributed by atoms with van der Waals surface area (Å²) in [7, 11) is 2.17. The van der Waals surface area contributed by atoms with Crippen LogP contribution < -0.4 is 5.73 Å². The van der Waals surface area contributed by atoms with Crippen LogP contribution in [0.5, 0.6) is 0 Å². The van der Waals surface area contributed by atoms with Gasteiger partial charge in [0.15, 0.2) is 0 Å². The van der Waals surface area contributed by atoms with Gasteiger partial charge in [0, 0.05) is 38.4 Å². The summed E-state index contributed by atoms with van der Waals surface area (Å²) in [6.07, 6.45) is 3.97. The highest BCUT2D eigenvalue weighted by Gasteiger charge is 2.14. The molecule has 2 N–H and O–H groups in total. The van der Waals surface area contributed by atoms with Crippen LogP contribution in [0.4, 0.5) is 0 Å². The molecule has 1 aliphatic heterocycles. The highest BCUT2D eigenvalue weighted by Crippen LogP contribution is 2.12. The van der Waals surface area contributed by atoms with Gasteiger partial charge in [0.05, 0.1) is 0 Å². The molecule has 0 amide bonds. The van der Waals surface area contributed by atoms with Crippen molar-refractivity contribution >= 4 is 0 Å². The number of nitrogens with zero attached hydrogens (tertiary/aromatic N) is 2. The largest absolute Gasteiger partial charge is 0.402 e. The van der Waals surface area contributed by atoms with E-state index in [0.717, 1.165) is 38.4 Å². The predicted octanol–water partition coefficient (Wildman–Crippen LogP) is 1.60. The zero-order valence-corrected chi connectivity index (χ0v) is 11.4. The Hall–Kier alpha value is -1.06. The van der Waals surface area contributed by atoms with Gasteiger partial charge in [0.25, 0.3) is 0 Å². The van der Waals surface area contributed by atoms with Gasteiger partial charge in [-0.05, 0) is 38.1 Å². The molecule has 96 valence electrons. The Labute approximate surface area is 105 Å². The maximum absolute atomic E-state index is 5.78. The Morgan fingerprint density at radius 3 is 2.29 bits per heavy atom. The van der Waals surface area contributed by atoms with Crippen molar-refractivity contribution in [2.24, 2.45) is 5.73 Å². The number of rotatable bonds is 4. The van der Waals surface area contributed by atoms with Crippen molar-refractivity contribution in [1.29, 1.82) is 0 Å². The Morgan fingerprint density at radius 1 is 1.24 bits per heavy atom. The van der Waals surface area contributed by atoms with Gasteiger partial charge in [0.2, 0.25) is 0 Å². The standard InChI is InChI=1S/C14H25N3/c1-5-12(2)14(10-13(3)15)11-17-8-6-16(4)7-9-17/h5,10H,1,6-9,11,15H2,2-4H3/b13-10+,14-12+. The number of likely N-dealkylation sites (N-methyl/N-ethyl adjacent to an activating group) is 1. The van der Waals surface area contributed by atoms with E-state index in [1.165, 1.54) is 11.1 Å². The van der Waals surface area contributed by atoms with Gasteiger partial charge >= 0.3 is 0 Å². The van der Waals surface area contributed by atoms with Gasteiger partial charge in [-0.15, -0.1) is 0 Å². The van der Waals surface area contributed by atoms with Crippen molar-refractivity contribution in [2.45, 2.75) is 13.8 Å². The third kappa shape index (κ3) is 4.75. The van der Waals surface area contributed by atoms with Gasteiger partial charge in [-0.3, -0.25) is 4.90 Å². The first kappa shape index (κ1) is 14.0. The maximum Gasteiger partial charge on any atom is 0.0238 e. The maximum atomic E-state index is 5.78. The van der Waals surface area contributed by atoms with E-state index in [9.17, 15) is 0 Å². The molecule has 17 heavy (non-hydrogen) atoms. The number of allylic oxidation sites excluding steroid dienone is 3. The van der Waals surface area contributed by atoms with Crippen LogP contribution in [0, 0.1) is 0 Å². The summed E-state index contributed by atoms with van der Waals surface area (Å²) < 4.78 is 0. The van der Waals surface area contributed by atoms with Gasteiger partial charge < -0.3 is 10.6 Å². The summed E-state index contributed by atoms with van der Waals surface area (Å²) in [6, 6.07) is 0. The van der Waals surface area contributed by atoms with Crippen molar-refractivity contribution in [3.8, 4) is 0 Å². The molecule has 1 saturated heterocycles. The molecule has 1 heterocycles. The fourth-order valence-corrected chi connectivity index (χ4v) is 1.94. The second kappa shape index (κ2) is 6.62. The van der Waals surface area contributed by atoms with E-state index in [1.54, 1.807) is 0 Å². The van der Waals surface area contributed by atoms with E-state index in [-0.39, 0.29) is 0 Å². The molecule has 0 aromatic carbocycles. The van der Waals surface area contributed by atoms with Crippen LogP contribution in [0.2, 0.25) is 0 Å². The van der Waals surface area contributed by atoms with Crippen LogP contribution in [-0.2, 0) is 0 Å². The molecule has 0 spiro atoms. The van der Waals surface area contributed by atoms with Crippen LogP contribution >= 0.6 is 0 Å². The molecular formula is C14H25N3. The number of hydrogen-bond acceptors (Lipinski definition) is 3. The van der Waals surface area contributed by atoms with E-state index in [2.05, 4.69) is 36.4 Å². The average molecular weight is 235 g/mol. The van der Waals surface area contributed by atoms with E-state index in [1.807, 2.05) is 13.0 Å². The Kier molecular flexibility index (Phi) is 5.45. The van der Waals surface area contributed by atoms with Gasteiger partial charge in [0.1, 0.15) is 0 Å². The molecule has 0 aromatic rings. The van der Waals surface area contributed by atoms with Crippen molar-refractivity contribution in [2.75, 3.05) is 39.8 Å². The minimum atomic E-state index is 0.857. The molecule has 0 bridgehead atoms. The summed E-state index contributed by atoms with van der Waals surface area (Å²) >= 11 is 0. The second-order valence-corrected chi connectivity index (χ2v) is 4.88. The number of nitrogens with two attached hydrogens (primary N) is 1. The molecule has 3 nitrogen and oxygen atoms in total. The lowest BCUT2D eigenvalue weighted by molar-refractivity contribution is 0.164. The van der Waals surface area contributed by atoms with Crippen molar-refractivity contribution in [3.63, 3.8) is 0 Å². The number of hydrogen-bond donors (Lipinski definition) is 1. The summed E-state index contributed by atoms with van der Waals surface area (Å²) in [4.78, 5) is 4.84. The van der Waals surface area contributed by atoms with Crippen LogP contribution in [0.25, 0.3) is 0 Å². The molecule has 0 aliphatic carbocycles. The van der Waals surface area contributed by atoms with Crippen LogP contribution in [-0.4, -0.2) is 49.6 Å². The summed E-state index contributed by atoms with van der Waals surface area (Å²) in [6.45, 7) is 13.4. The molecule has 1 rings (SSSR count). The molecule has 0 saturated carbocycles. The average Bonchev–Trinajstić information content (AvgIpc) is 2.29. The lowest BCUT2D eigenvalue weighted by atomic mass is 10.1. The molecule has 1 aliphatic rings. The fourth-order valence-electron chi connectivity index (χ4n) is 1.94. The smallest absolute Gasteiger partial charge is 0.0238 e. The van der Waals surface area contributed by atoms with Crippen LogP contribution in [0.3, 0.4) is 0 Å². The summed E-state index contributed by atoms with van der Waals surface area (Å²) in [5.41, 5.74) is 9.13. The predicted molar refractivity (Wildman–Crippen MR) is 74.8 cm³/mol. The third-order valence-electron chi connectivity index (χ3n) is 3.20. The minimum Gasteiger partial charge on any atom is -0.402 e. The van der Waals surface area contributed by atoms with E-state index in [0.29, 0.717) is 0 Å². The van der Waals surface area contributed by atoms with Crippen molar-refractivity contribution in [3.05, 3.63) is 35.6 Å². The normalized spacial score (nSPS) is 21.2. The first-order valence-electron chi connectivity index (χ1n) is 6.19. The zero-order chi connectivity index (χ0) is 12.8. The first-order chi connectivity index (χ1) is 8.02. The van der Waals surface area contributed by atoms with Crippen molar-refractivity contribution in [1.82, 2.24) is 9.80 Å². The molecule has 0 atom stereocenters. The van der Waals surface area contributed by atoms with Crippen molar-refractivity contribution < 1.29 is 0 Å². The quantitative estimate of drug-likeness (QED) is 0.751. The topological polar surface area (TPSA) is 32.5 Å². The highest BCUT2D eigenvalue weighted by atomic mass is 15.2. The fraction of sp³-hybridized carbons (Fsp3) is 0.571. The monoisotopic (exact) mass is 235 g/mol. The molecule has 0 aromatic heterocycles.